The number of furan rings is 1. The second kappa shape index (κ2) is 10.7. The highest BCUT2D eigenvalue weighted by Gasteiger charge is 2.18. The molecule has 0 aliphatic rings. The number of hydrazine groups is 1. The van der Waals surface area contributed by atoms with Crippen LogP contribution in [0.1, 0.15) is 27.5 Å². The summed E-state index contributed by atoms with van der Waals surface area (Å²) in [5.74, 6) is 0.586. The first-order valence-corrected chi connectivity index (χ1v) is 11.5. The second-order valence-corrected chi connectivity index (χ2v) is 8.29. The van der Waals surface area contributed by atoms with Crippen molar-refractivity contribution in [2.45, 2.75) is 25.6 Å². The van der Waals surface area contributed by atoms with Gasteiger partial charge in [-0.25, -0.2) is 0 Å². The number of amides is 2. The number of ether oxygens (including phenoxy) is 1. The van der Waals surface area contributed by atoms with Crippen LogP contribution >= 0.6 is 11.8 Å². The second-order valence-electron chi connectivity index (χ2n) is 7.35. The number of thioether (sulfide) groups is 1. The van der Waals surface area contributed by atoms with E-state index in [1.165, 1.54) is 24.1 Å². The number of hydrogen-bond donors (Lipinski definition) is 2. The Hall–Kier alpha value is -4.05. The Bertz CT molecular complexity index is 1250. The van der Waals surface area contributed by atoms with Crippen molar-refractivity contribution in [3.63, 3.8) is 0 Å². The molecule has 0 radical (unpaired) electrons. The third kappa shape index (κ3) is 5.46. The van der Waals surface area contributed by atoms with Crippen LogP contribution in [0.15, 0.2) is 76.5 Å². The number of benzene rings is 2. The number of aryl methyl sites for hydroxylation is 2. The summed E-state index contributed by atoms with van der Waals surface area (Å²) in [6.45, 7) is 4.20. The third-order valence-corrected chi connectivity index (χ3v) is 5.79. The highest BCUT2D eigenvalue weighted by Crippen LogP contribution is 2.26. The number of aromatic nitrogens is 3. The average Bonchev–Trinajstić information content (AvgIpc) is 3.52. The Balaban J connectivity index is 1.45. The summed E-state index contributed by atoms with van der Waals surface area (Å²) in [4.78, 5) is 24.2. The van der Waals surface area contributed by atoms with Gasteiger partial charge in [0.2, 0.25) is 5.91 Å². The van der Waals surface area contributed by atoms with Crippen molar-refractivity contribution >= 4 is 23.6 Å². The third-order valence-electron chi connectivity index (χ3n) is 4.86. The number of nitrogens with zero attached hydrogens (tertiary/aromatic N) is 3. The molecule has 2 aromatic heterocycles. The molecule has 2 N–H and O–H groups in total. The minimum atomic E-state index is -0.540. The van der Waals surface area contributed by atoms with E-state index in [1.807, 2.05) is 66.9 Å². The molecular weight excluding hydrogens is 454 g/mol. The molecule has 0 aliphatic heterocycles. The summed E-state index contributed by atoms with van der Waals surface area (Å²) in [6.07, 6.45) is 1.38. The van der Waals surface area contributed by atoms with E-state index < -0.39 is 11.8 Å². The predicted octanol–water partition coefficient (Wildman–Crippen LogP) is 3.61. The van der Waals surface area contributed by atoms with Gasteiger partial charge in [0.15, 0.2) is 16.7 Å². The Morgan fingerprint density at radius 1 is 0.971 bits per heavy atom. The topological polar surface area (TPSA) is 111 Å². The summed E-state index contributed by atoms with van der Waals surface area (Å²) < 4.78 is 12.9. The van der Waals surface area contributed by atoms with Gasteiger partial charge in [-0.1, -0.05) is 48.2 Å². The zero-order valence-electron chi connectivity index (χ0n) is 18.6. The standard InChI is InChI=1S/C24H23N5O4S/c1-16-8-6-9-17(2)22(16)33-14-20-25-28-24(29(20)18-10-4-3-5-11-18)34-15-21(30)26-27-23(31)19-12-7-13-32-19/h3-13H,14-15H2,1-2H3,(H,26,30)(H,27,31). The van der Waals surface area contributed by atoms with Crippen LogP contribution in [0.25, 0.3) is 5.69 Å². The van der Waals surface area contributed by atoms with E-state index >= 15 is 0 Å². The van der Waals surface area contributed by atoms with Crippen molar-refractivity contribution in [2.24, 2.45) is 0 Å². The van der Waals surface area contributed by atoms with E-state index in [9.17, 15) is 9.59 Å². The Kier molecular flexibility index (Phi) is 7.28. The molecule has 0 saturated heterocycles. The number of rotatable bonds is 8. The van der Waals surface area contributed by atoms with Crippen LogP contribution in [-0.4, -0.2) is 32.3 Å². The maximum Gasteiger partial charge on any atom is 0.305 e. The first-order valence-electron chi connectivity index (χ1n) is 10.5. The predicted molar refractivity (Wildman–Crippen MR) is 127 cm³/mol. The Morgan fingerprint density at radius 2 is 1.74 bits per heavy atom. The minimum Gasteiger partial charge on any atom is -0.485 e. The molecule has 10 heteroatoms. The first-order chi connectivity index (χ1) is 16.5. The molecule has 2 aromatic carbocycles. The summed E-state index contributed by atoms with van der Waals surface area (Å²) in [5, 5.41) is 9.10. The van der Waals surface area contributed by atoms with Gasteiger partial charge in [0.05, 0.1) is 12.0 Å². The van der Waals surface area contributed by atoms with Crippen LogP contribution in [0.4, 0.5) is 0 Å². The van der Waals surface area contributed by atoms with E-state index in [0.717, 1.165) is 22.6 Å². The quantitative estimate of drug-likeness (QED) is 0.295. The van der Waals surface area contributed by atoms with Crippen LogP contribution in [0.5, 0.6) is 5.75 Å². The molecule has 34 heavy (non-hydrogen) atoms. The van der Waals surface area contributed by atoms with Gasteiger partial charge in [0.1, 0.15) is 12.4 Å². The fourth-order valence-corrected chi connectivity index (χ4v) is 4.02. The fraction of sp³-hybridized carbons (Fsp3) is 0.167. The van der Waals surface area contributed by atoms with Gasteiger partial charge >= 0.3 is 5.91 Å². The maximum absolute atomic E-state index is 12.3. The van der Waals surface area contributed by atoms with Gasteiger partial charge in [0, 0.05) is 5.69 Å². The lowest BCUT2D eigenvalue weighted by atomic mass is 10.1. The van der Waals surface area contributed by atoms with Crippen molar-refractivity contribution in [3.05, 3.63) is 89.6 Å². The molecular formula is C24H23N5O4S. The summed E-state index contributed by atoms with van der Waals surface area (Å²) >= 11 is 1.19. The molecule has 2 amide bonds. The van der Waals surface area contributed by atoms with Crippen molar-refractivity contribution < 1.29 is 18.7 Å². The molecule has 0 atom stereocenters. The van der Waals surface area contributed by atoms with E-state index in [-0.39, 0.29) is 18.1 Å². The largest absolute Gasteiger partial charge is 0.485 e. The highest BCUT2D eigenvalue weighted by atomic mass is 32.2. The molecule has 0 fully saturated rings. The lowest BCUT2D eigenvalue weighted by Crippen LogP contribution is -2.42. The number of carbonyl (C=O) groups excluding carboxylic acids is 2. The van der Waals surface area contributed by atoms with Crippen LogP contribution in [-0.2, 0) is 11.4 Å². The van der Waals surface area contributed by atoms with Crippen LogP contribution in [0.3, 0.4) is 0 Å². The van der Waals surface area contributed by atoms with Gasteiger partial charge in [-0.3, -0.25) is 25.0 Å². The molecule has 2 heterocycles. The van der Waals surface area contributed by atoms with Crippen LogP contribution < -0.4 is 15.6 Å². The van der Waals surface area contributed by atoms with Crippen LogP contribution in [0.2, 0.25) is 0 Å². The normalized spacial score (nSPS) is 10.6. The Morgan fingerprint density at radius 3 is 2.44 bits per heavy atom. The highest BCUT2D eigenvalue weighted by molar-refractivity contribution is 7.99. The minimum absolute atomic E-state index is 0.0150. The van der Waals surface area contributed by atoms with Gasteiger partial charge in [-0.2, -0.15) is 0 Å². The molecule has 0 aliphatic carbocycles. The van der Waals surface area contributed by atoms with Crippen molar-refractivity contribution in [2.75, 3.05) is 5.75 Å². The van der Waals surface area contributed by atoms with Gasteiger partial charge < -0.3 is 9.15 Å². The molecule has 174 valence electrons. The molecule has 0 bridgehead atoms. The number of nitrogens with one attached hydrogen (secondary N) is 2. The van der Waals surface area contributed by atoms with E-state index in [2.05, 4.69) is 21.0 Å². The number of para-hydroxylation sites is 2. The Labute approximate surface area is 200 Å². The SMILES string of the molecule is Cc1cccc(C)c1OCc1nnc(SCC(=O)NNC(=O)c2ccco2)n1-c1ccccc1. The summed E-state index contributed by atoms with van der Waals surface area (Å²) in [6, 6.07) is 18.7. The summed E-state index contributed by atoms with van der Waals surface area (Å²) in [5.41, 5.74) is 7.60. The van der Waals surface area contributed by atoms with E-state index in [4.69, 9.17) is 9.15 Å². The summed E-state index contributed by atoms with van der Waals surface area (Å²) in [7, 11) is 0. The molecule has 4 rings (SSSR count). The fourth-order valence-electron chi connectivity index (χ4n) is 3.25. The van der Waals surface area contributed by atoms with Crippen molar-refractivity contribution in [1.29, 1.82) is 0 Å². The number of carbonyl (C=O) groups is 2. The lowest BCUT2D eigenvalue weighted by molar-refractivity contribution is -0.119. The van der Waals surface area contributed by atoms with Gasteiger partial charge in [0.25, 0.3) is 0 Å². The van der Waals surface area contributed by atoms with Crippen molar-refractivity contribution in [3.8, 4) is 11.4 Å². The molecule has 4 aromatic rings. The first kappa shape index (κ1) is 23.1. The average molecular weight is 478 g/mol. The molecule has 0 spiro atoms. The zero-order chi connectivity index (χ0) is 23.9. The molecule has 0 saturated carbocycles. The maximum atomic E-state index is 12.3. The monoisotopic (exact) mass is 477 g/mol. The van der Waals surface area contributed by atoms with E-state index in [1.54, 1.807) is 6.07 Å². The van der Waals surface area contributed by atoms with E-state index in [0.29, 0.717) is 11.0 Å². The van der Waals surface area contributed by atoms with Gasteiger partial charge in [-0.05, 0) is 49.2 Å². The van der Waals surface area contributed by atoms with Crippen LogP contribution in [0, 0.1) is 13.8 Å². The smallest absolute Gasteiger partial charge is 0.305 e. The number of hydrogen-bond acceptors (Lipinski definition) is 7. The molecule has 0 unspecified atom stereocenters. The lowest BCUT2D eigenvalue weighted by Gasteiger charge is -2.13. The molecule has 9 nitrogen and oxygen atoms in total. The van der Waals surface area contributed by atoms with Gasteiger partial charge in [-0.15, -0.1) is 10.2 Å². The zero-order valence-corrected chi connectivity index (χ0v) is 19.5. The van der Waals surface area contributed by atoms with Crippen molar-refractivity contribution in [1.82, 2.24) is 25.6 Å².